The maximum atomic E-state index is 12.5. The molecule has 0 aliphatic heterocycles. The van der Waals surface area contributed by atoms with Crippen LogP contribution in [0.25, 0.3) is 0 Å². The first-order valence-corrected chi connectivity index (χ1v) is 8.13. The molecule has 0 aliphatic carbocycles. The highest BCUT2D eigenvalue weighted by Crippen LogP contribution is 2.24. The minimum Gasteiger partial charge on any atom is -0.478 e. The standard InChI is InChI=1S/C16H17NO4S/c1-10-8-11(2)15(12(3)9-10)22(20,21)17-14-6-4-13(5-7-14)16(18)19/h4-9,17H,1-3H3,(H,18,19). The maximum absolute atomic E-state index is 12.5. The zero-order chi connectivity index (χ0) is 16.5. The molecule has 116 valence electrons. The van der Waals surface area contributed by atoms with Crippen molar-refractivity contribution in [3.05, 3.63) is 58.7 Å². The third-order valence-corrected chi connectivity index (χ3v) is 4.94. The van der Waals surface area contributed by atoms with Crippen molar-refractivity contribution in [2.24, 2.45) is 0 Å². The van der Waals surface area contributed by atoms with Crippen molar-refractivity contribution in [3.63, 3.8) is 0 Å². The summed E-state index contributed by atoms with van der Waals surface area (Å²) in [6.45, 7) is 5.42. The van der Waals surface area contributed by atoms with Crippen molar-refractivity contribution < 1.29 is 18.3 Å². The van der Waals surface area contributed by atoms with E-state index in [1.165, 1.54) is 24.3 Å². The van der Waals surface area contributed by atoms with E-state index >= 15 is 0 Å². The Bertz CT molecular complexity index is 801. The maximum Gasteiger partial charge on any atom is 0.335 e. The summed E-state index contributed by atoms with van der Waals surface area (Å²) in [6, 6.07) is 9.20. The number of aromatic carboxylic acids is 1. The van der Waals surface area contributed by atoms with E-state index in [2.05, 4.69) is 4.72 Å². The Morgan fingerprint density at radius 2 is 1.50 bits per heavy atom. The molecule has 5 nitrogen and oxygen atoms in total. The zero-order valence-corrected chi connectivity index (χ0v) is 13.4. The van der Waals surface area contributed by atoms with Gasteiger partial charge in [0.15, 0.2) is 0 Å². The molecule has 2 aromatic carbocycles. The van der Waals surface area contributed by atoms with Crippen molar-refractivity contribution in [3.8, 4) is 0 Å². The highest BCUT2D eigenvalue weighted by atomic mass is 32.2. The van der Waals surface area contributed by atoms with Crippen molar-refractivity contribution in [1.82, 2.24) is 0 Å². The van der Waals surface area contributed by atoms with Crippen LogP contribution >= 0.6 is 0 Å². The summed E-state index contributed by atoms with van der Waals surface area (Å²) in [5, 5.41) is 8.85. The molecule has 2 aromatic rings. The van der Waals surface area contributed by atoms with Crippen LogP contribution in [0.2, 0.25) is 0 Å². The fourth-order valence-corrected chi connectivity index (χ4v) is 3.99. The second-order valence-corrected chi connectivity index (χ2v) is 6.84. The molecular formula is C16H17NO4S. The van der Waals surface area contributed by atoms with E-state index in [0.717, 1.165) is 5.56 Å². The number of aryl methyl sites for hydroxylation is 3. The fraction of sp³-hybridized carbons (Fsp3) is 0.188. The lowest BCUT2D eigenvalue weighted by atomic mass is 10.1. The van der Waals surface area contributed by atoms with Crippen LogP contribution in [0.1, 0.15) is 27.0 Å². The summed E-state index contributed by atoms with van der Waals surface area (Å²) >= 11 is 0. The minimum absolute atomic E-state index is 0.102. The molecule has 2 N–H and O–H groups in total. The van der Waals surface area contributed by atoms with E-state index in [9.17, 15) is 13.2 Å². The van der Waals surface area contributed by atoms with E-state index in [1.807, 2.05) is 19.1 Å². The van der Waals surface area contributed by atoms with E-state index in [-0.39, 0.29) is 10.5 Å². The fourth-order valence-electron chi connectivity index (χ4n) is 2.48. The Hall–Kier alpha value is -2.34. The van der Waals surface area contributed by atoms with Gasteiger partial charge in [-0.25, -0.2) is 13.2 Å². The largest absolute Gasteiger partial charge is 0.478 e. The van der Waals surface area contributed by atoms with Gasteiger partial charge in [-0.2, -0.15) is 0 Å². The highest BCUT2D eigenvalue weighted by molar-refractivity contribution is 7.92. The van der Waals surface area contributed by atoms with E-state index in [4.69, 9.17) is 5.11 Å². The van der Waals surface area contributed by atoms with Crippen molar-refractivity contribution in [2.45, 2.75) is 25.7 Å². The van der Waals surface area contributed by atoms with Crippen LogP contribution in [-0.4, -0.2) is 19.5 Å². The van der Waals surface area contributed by atoms with Crippen LogP contribution < -0.4 is 4.72 Å². The molecule has 0 atom stereocenters. The van der Waals surface area contributed by atoms with Gasteiger partial charge >= 0.3 is 5.97 Å². The number of rotatable bonds is 4. The predicted molar refractivity (Wildman–Crippen MR) is 84.9 cm³/mol. The summed E-state index contributed by atoms with van der Waals surface area (Å²) in [7, 11) is -3.72. The van der Waals surface area contributed by atoms with Gasteiger partial charge in [-0.05, 0) is 56.2 Å². The molecule has 0 amide bonds. The Morgan fingerprint density at radius 1 is 1.00 bits per heavy atom. The number of nitrogens with one attached hydrogen (secondary N) is 1. The van der Waals surface area contributed by atoms with Gasteiger partial charge in [-0.3, -0.25) is 4.72 Å². The summed E-state index contributed by atoms with van der Waals surface area (Å²) in [4.78, 5) is 11.1. The van der Waals surface area contributed by atoms with Gasteiger partial charge in [0.25, 0.3) is 10.0 Å². The van der Waals surface area contributed by atoms with Crippen molar-refractivity contribution in [1.29, 1.82) is 0 Å². The number of sulfonamides is 1. The summed E-state index contributed by atoms with van der Waals surface area (Å²) in [5.74, 6) is -1.06. The average Bonchev–Trinajstić information content (AvgIpc) is 2.36. The number of anilines is 1. The number of hydrogen-bond acceptors (Lipinski definition) is 3. The van der Waals surface area contributed by atoms with Gasteiger partial charge in [0, 0.05) is 5.69 Å². The second kappa shape index (κ2) is 5.81. The molecule has 0 heterocycles. The molecular weight excluding hydrogens is 302 g/mol. The molecule has 0 bridgehead atoms. The van der Waals surface area contributed by atoms with Crippen LogP contribution in [0.3, 0.4) is 0 Å². The van der Waals surface area contributed by atoms with Gasteiger partial charge in [-0.1, -0.05) is 17.7 Å². The molecule has 0 unspecified atom stereocenters. The Morgan fingerprint density at radius 3 is 1.95 bits per heavy atom. The summed E-state index contributed by atoms with van der Waals surface area (Å²) < 4.78 is 27.6. The lowest BCUT2D eigenvalue weighted by Gasteiger charge is -2.14. The predicted octanol–water partition coefficient (Wildman–Crippen LogP) is 3.11. The van der Waals surface area contributed by atoms with Gasteiger partial charge < -0.3 is 5.11 Å². The third kappa shape index (κ3) is 3.28. The molecule has 0 aromatic heterocycles. The monoisotopic (exact) mass is 319 g/mol. The molecule has 6 heteroatoms. The van der Waals surface area contributed by atoms with Gasteiger partial charge in [0.05, 0.1) is 10.5 Å². The normalized spacial score (nSPS) is 11.2. The first kappa shape index (κ1) is 16.0. The Balaban J connectivity index is 2.38. The molecule has 2 rings (SSSR count). The molecule has 0 saturated heterocycles. The number of benzene rings is 2. The van der Waals surface area contributed by atoms with Crippen LogP contribution in [0.5, 0.6) is 0 Å². The zero-order valence-electron chi connectivity index (χ0n) is 12.5. The number of carboxylic acid groups (broad SMARTS) is 1. The Labute approximate surface area is 129 Å². The molecule has 0 radical (unpaired) electrons. The van der Waals surface area contributed by atoms with E-state index < -0.39 is 16.0 Å². The lowest BCUT2D eigenvalue weighted by molar-refractivity contribution is 0.0697. The quantitative estimate of drug-likeness (QED) is 0.907. The van der Waals surface area contributed by atoms with Crippen molar-refractivity contribution >= 4 is 21.7 Å². The average molecular weight is 319 g/mol. The van der Waals surface area contributed by atoms with Gasteiger partial charge in [0.1, 0.15) is 0 Å². The second-order valence-electron chi connectivity index (χ2n) is 5.22. The third-order valence-electron chi connectivity index (χ3n) is 3.26. The lowest BCUT2D eigenvalue weighted by Crippen LogP contribution is -2.16. The molecule has 22 heavy (non-hydrogen) atoms. The molecule has 0 fully saturated rings. The minimum atomic E-state index is -3.72. The summed E-state index contributed by atoms with van der Waals surface area (Å²) in [6.07, 6.45) is 0. The Kier molecular flexibility index (Phi) is 4.23. The number of carboxylic acids is 1. The first-order valence-electron chi connectivity index (χ1n) is 6.65. The topological polar surface area (TPSA) is 83.5 Å². The first-order chi connectivity index (χ1) is 10.2. The number of carbonyl (C=O) groups is 1. The highest BCUT2D eigenvalue weighted by Gasteiger charge is 2.20. The van der Waals surface area contributed by atoms with Crippen molar-refractivity contribution in [2.75, 3.05) is 4.72 Å². The van der Waals surface area contributed by atoms with Crippen LogP contribution in [0.15, 0.2) is 41.3 Å². The SMILES string of the molecule is Cc1cc(C)c(S(=O)(=O)Nc2ccc(C(=O)O)cc2)c(C)c1. The van der Waals surface area contributed by atoms with Crippen LogP contribution in [0, 0.1) is 20.8 Å². The van der Waals surface area contributed by atoms with Gasteiger partial charge in [-0.15, -0.1) is 0 Å². The van der Waals surface area contributed by atoms with E-state index in [1.54, 1.807) is 13.8 Å². The van der Waals surface area contributed by atoms with E-state index in [0.29, 0.717) is 16.8 Å². The van der Waals surface area contributed by atoms with Gasteiger partial charge in [0.2, 0.25) is 0 Å². The number of hydrogen-bond donors (Lipinski definition) is 2. The molecule has 0 spiro atoms. The molecule has 0 saturated carbocycles. The van der Waals surface area contributed by atoms with Crippen LogP contribution in [-0.2, 0) is 10.0 Å². The van der Waals surface area contributed by atoms with Crippen LogP contribution in [0.4, 0.5) is 5.69 Å². The molecule has 0 aliphatic rings. The summed E-state index contributed by atoms with van der Waals surface area (Å²) in [5.41, 5.74) is 2.77. The smallest absolute Gasteiger partial charge is 0.335 e.